The lowest BCUT2D eigenvalue weighted by atomic mass is 10.1. The number of hydrogen-bond acceptors (Lipinski definition) is 1. The van der Waals surface area contributed by atoms with Crippen molar-refractivity contribution in [2.75, 3.05) is 0 Å². The van der Waals surface area contributed by atoms with E-state index in [9.17, 15) is 0 Å². The van der Waals surface area contributed by atoms with Crippen molar-refractivity contribution in [3.63, 3.8) is 0 Å². The summed E-state index contributed by atoms with van der Waals surface area (Å²) < 4.78 is 2.11. The van der Waals surface area contributed by atoms with Gasteiger partial charge < -0.3 is 0 Å². The van der Waals surface area contributed by atoms with E-state index in [-0.39, 0.29) is 0 Å². The van der Waals surface area contributed by atoms with Gasteiger partial charge in [-0.25, -0.2) is 0 Å². The van der Waals surface area contributed by atoms with Gasteiger partial charge >= 0.3 is 0 Å². The molecule has 0 aliphatic heterocycles. The summed E-state index contributed by atoms with van der Waals surface area (Å²) in [7, 11) is 0. The molecule has 16 heavy (non-hydrogen) atoms. The van der Waals surface area contributed by atoms with Crippen molar-refractivity contribution in [1.29, 1.82) is 0 Å². The predicted octanol–water partition coefficient (Wildman–Crippen LogP) is 3.36. The topological polar surface area (TPSA) is 17.8 Å². The molecule has 0 aliphatic rings. The molecular weight excluding hydrogens is 196 g/mol. The van der Waals surface area contributed by atoms with Gasteiger partial charge in [0.05, 0.1) is 12.2 Å². The van der Waals surface area contributed by atoms with Gasteiger partial charge in [0, 0.05) is 5.69 Å². The summed E-state index contributed by atoms with van der Waals surface area (Å²) in [6.07, 6.45) is 3.03. The van der Waals surface area contributed by atoms with Crippen LogP contribution in [0.25, 0.3) is 0 Å². The van der Waals surface area contributed by atoms with Crippen LogP contribution >= 0.6 is 0 Å². The van der Waals surface area contributed by atoms with E-state index in [0.29, 0.717) is 6.04 Å². The van der Waals surface area contributed by atoms with Crippen molar-refractivity contribution in [3.05, 3.63) is 53.3 Å². The zero-order valence-corrected chi connectivity index (χ0v) is 10.1. The van der Waals surface area contributed by atoms with Crippen LogP contribution in [0.3, 0.4) is 0 Å². The molecule has 0 amide bonds. The number of nitrogens with zero attached hydrogens (tertiary/aromatic N) is 2. The van der Waals surface area contributed by atoms with E-state index in [1.165, 1.54) is 16.8 Å². The lowest BCUT2D eigenvalue weighted by molar-refractivity contribution is 0.549. The van der Waals surface area contributed by atoms with Crippen molar-refractivity contribution in [2.24, 2.45) is 0 Å². The highest BCUT2D eigenvalue weighted by Gasteiger charge is 2.12. The Morgan fingerprint density at radius 2 is 1.94 bits per heavy atom. The highest BCUT2D eigenvalue weighted by Crippen LogP contribution is 2.20. The monoisotopic (exact) mass is 214 g/mol. The third kappa shape index (κ3) is 1.87. The van der Waals surface area contributed by atoms with Crippen LogP contribution < -0.4 is 0 Å². The Kier molecular flexibility index (Phi) is 3.09. The zero-order chi connectivity index (χ0) is 11.5. The molecule has 2 aromatic rings. The number of aryl methyl sites for hydroxylation is 1. The van der Waals surface area contributed by atoms with Crippen LogP contribution in [0, 0.1) is 6.92 Å². The van der Waals surface area contributed by atoms with Gasteiger partial charge in [0.25, 0.3) is 0 Å². The molecule has 0 spiro atoms. The fourth-order valence-electron chi connectivity index (χ4n) is 2.07. The SMILES string of the molecule is CCc1cnn(C(C)c2ccccc2)c1C. The van der Waals surface area contributed by atoms with E-state index < -0.39 is 0 Å². The lowest BCUT2D eigenvalue weighted by Crippen LogP contribution is -2.10. The second-order valence-corrected chi connectivity index (χ2v) is 4.14. The maximum Gasteiger partial charge on any atom is 0.0743 e. The van der Waals surface area contributed by atoms with Crippen LogP contribution in [0.2, 0.25) is 0 Å². The molecule has 1 atom stereocenters. The quantitative estimate of drug-likeness (QED) is 0.766. The Bertz CT molecular complexity index is 457. The number of benzene rings is 1. The number of rotatable bonds is 3. The smallest absolute Gasteiger partial charge is 0.0743 e. The van der Waals surface area contributed by atoms with Crippen LogP contribution in [0.1, 0.15) is 36.7 Å². The Labute approximate surface area is 96.9 Å². The first kappa shape index (κ1) is 10.9. The molecule has 1 aromatic heterocycles. The first-order chi connectivity index (χ1) is 7.74. The van der Waals surface area contributed by atoms with Gasteiger partial charge in [-0.05, 0) is 31.4 Å². The number of aromatic nitrogens is 2. The normalized spacial score (nSPS) is 12.7. The summed E-state index contributed by atoms with van der Waals surface area (Å²) in [5.74, 6) is 0. The van der Waals surface area contributed by atoms with Gasteiger partial charge in [-0.1, -0.05) is 37.3 Å². The fraction of sp³-hybridized carbons (Fsp3) is 0.357. The van der Waals surface area contributed by atoms with Gasteiger partial charge in [-0.15, -0.1) is 0 Å². The van der Waals surface area contributed by atoms with Crippen LogP contribution in [0.4, 0.5) is 0 Å². The van der Waals surface area contributed by atoms with Gasteiger partial charge in [0.1, 0.15) is 0 Å². The molecule has 2 nitrogen and oxygen atoms in total. The fourth-order valence-corrected chi connectivity index (χ4v) is 2.07. The molecule has 1 heterocycles. The van der Waals surface area contributed by atoms with Crippen molar-refractivity contribution in [1.82, 2.24) is 9.78 Å². The van der Waals surface area contributed by atoms with Gasteiger partial charge in [0.15, 0.2) is 0 Å². The van der Waals surface area contributed by atoms with Gasteiger partial charge in [-0.3, -0.25) is 4.68 Å². The first-order valence-corrected chi connectivity index (χ1v) is 5.82. The zero-order valence-electron chi connectivity index (χ0n) is 10.1. The number of hydrogen-bond donors (Lipinski definition) is 0. The highest BCUT2D eigenvalue weighted by molar-refractivity contribution is 5.23. The minimum Gasteiger partial charge on any atom is -0.262 e. The standard InChI is InChI=1S/C14H18N2/c1-4-13-10-15-16(11(13)2)12(3)14-8-6-5-7-9-14/h5-10,12H,4H2,1-3H3. The second kappa shape index (κ2) is 4.52. The second-order valence-electron chi connectivity index (χ2n) is 4.14. The summed E-state index contributed by atoms with van der Waals surface area (Å²) in [5.41, 5.74) is 3.91. The van der Waals surface area contributed by atoms with Crippen molar-refractivity contribution in [2.45, 2.75) is 33.2 Å². The lowest BCUT2D eigenvalue weighted by Gasteiger charge is -2.15. The maximum atomic E-state index is 4.48. The summed E-state index contributed by atoms with van der Waals surface area (Å²) in [6.45, 7) is 6.50. The van der Waals surface area contributed by atoms with E-state index in [1.807, 2.05) is 12.3 Å². The minimum atomic E-state index is 0.307. The molecule has 1 unspecified atom stereocenters. The van der Waals surface area contributed by atoms with E-state index in [1.54, 1.807) is 0 Å². The molecule has 84 valence electrons. The molecule has 0 aliphatic carbocycles. The molecule has 2 rings (SSSR count). The average Bonchev–Trinajstić information content (AvgIpc) is 2.70. The third-order valence-corrected chi connectivity index (χ3v) is 3.18. The molecule has 0 N–H and O–H groups in total. The molecular formula is C14H18N2. The van der Waals surface area contributed by atoms with E-state index in [4.69, 9.17) is 0 Å². The van der Waals surface area contributed by atoms with Crippen LogP contribution in [0.15, 0.2) is 36.5 Å². The van der Waals surface area contributed by atoms with Crippen LogP contribution in [-0.4, -0.2) is 9.78 Å². The van der Waals surface area contributed by atoms with E-state index in [2.05, 4.69) is 54.8 Å². The molecule has 0 fully saturated rings. The Balaban J connectivity index is 2.34. The minimum absolute atomic E-state index is 0.307. The summed E-state index contributed by atoms with van der Waals surface area (Å²) >= 11 is 0. The first-order valence-electron chi connectivity index (χ1n) is 5.82. The summed E-state index contributed by atoms with van der Waals surface area (Å²) in [6, 6.07) is 10.8. The van der Waals surface area contributed by atoms with Crippen molar-refractivity contribution < 1.29 is 0 Å². The van der Waals surface area contributed by atoms with Crippen LogP contribution in [0.5, 0.6) is 0 Å². The molecule has 2 heteroatoms. The molecule has 1 aromatic carbocycles. The molecule has 0 saturated carbocycles. The molecule has 0 radical (unpaired) electrons. The average molecular weight is 214 g/mol. The molecule has 0 saturated heterocycles. The Morgan fingerprint density at radius 3 is 2.50 bits per heavy atom. The largest absolute Gasteiger partial charge is 0.262 e. The predicted molar refractivity (Wildman–Crippen MR) is 66.6 cm³/mol. The molecule has 0 bridgehead atoms. The van der Waals surface area contributed by atoms with E-state index in [0.717, 1.165) is 6.42 Å². The van der Waals surface area contributed by atoms with Crippen molar-refractivity contribution in [3.8, 4) is 0 Å². The summed E-state index contributed by atoms with van der Waals surface area (Å²) in [4.78, 5) is 0. The van der Waals surface area contributed by atoms with Gasteiger partial charge in [0.2, 0.25) is 0 Å². The highest BCUT2D eigenvalue weighted by atomic mass is 15.3. The van der Waals surface area contributed by atoms with Crippen LogP contribution in [-0.2, 0) is 6.42 Å². The van der Waals surface area contributed by atoms with Gasteiger partial charge in [-0.2, -0.15) is 5.10 Å². The summed E-state index contributed by atoms with van der Waals surface area (Å²) in [5, 5.41) is 4.48. The van der Waals surface area contributed by atoms with Crippen molar-refractivity contribution >= 4 is 0 Å². The maximum absolute atomic E-state index is 4.48. The Hall–Kier alpha value is -1.57. The Morgan fingerprint density at radius 1 is 1.25 bits per heavy atom. The third-order valence-electron chi connectivity index (χ3n) is 3.18. The van der Waals surface area contributed by atoms with E-state index >= 15 is 0 Å².